The minimum atomic E-state index is -0.759. The number of unbranched alkanes of at least 4 members (excludes halogenated alkanes) is 29. The van der Waals surface area contributed by atoms with E-state index >= 15 is 0 Å². The zero-order valence-electron chi connectivity index (χ0n) is 38.3. The van der Waals surface area contributed by atoms with E-state index in [1.54, 1.807) is 0 Å². The molecule has 56 heavy (non-hydrogen) atoms. The molecule has 1 atom stereocenters. The van der Waals surface area contributed by atoms with Gasteiger partial charge in [0, 0.05) is 19.3 Å². The largest absolute Gasteiger partial charge is 0.462 e. The van der Waals surface area contributed by atoms with E-state index < -0.39 is 6.10 Å². The quantitative estimate of drug-likeness (QED) is 0.0347. The van der Waals surface area contributed by atoms with E-state index in [-0.39, 0.29) is 31.1 Å². The van der Waals surface area contributed by atoms with E-state index in [1.807, 2.05) is 0 Å². The Labute approximate surface area is 348 Å². The van der Waals surface area contributed by atoms with Gasteiger partial charge in [0.25, 0.3) is 0 Å². The molecule has 332 valence electrons. The lowest BCUT2D eigenvalue weighted by molar-refractivity contribution is -0.167. The van der Waals surface area contributed by atoms with Crippen LogP contribution < -0.4 is 0 Å². The molecule has 0 rings (SSSR count). The highest BCUT2D eigenvalue weighted by atomic mass is 16.6. The van der Waals surface area contributed by atoms with Crippen molar-refractivity contribution < 1.29 is 28.6 Å². The van der Waals surface area contributed by atoms with Crippen LogP contribution in [0.5, 0.6) is 0 Å². The fraction of sp³-hybridized carbons (Fsp3) is 0.940. The van der Waals surface area contributed by atoms with Gasteiger partial charge in [-0.1, -0.05) is 234 Å². The second kappa shape index (κ2) is 43.0. The number of carbonyl (C=O) groups excluding carboxylic acids is 3. The number of hydrogen-bond donors (Lipinski definition) is 0. The van der Waals surface area contributed by atoms with Gasteiger partial charge in [0.15, 0.2) is 6.10 Å². The van der Waals surface area contributed by atoms with Gasteiger partial charge in [0.2, 0.25) is 0 Å². The third-order valence-electron chi connectivity index (χ3n) is 11.2. The van der Waals surface area contributed by atoms with Crippen molar-refractivity contribution in [1.82, 2.24) is 0 Å². The number of rotatable bonds is 44. The standard InChI is InChI=1S/C50H96O6/c1-6-7-8-28-35-40-48(51)54-43-47(44-55-49(52)41-36-31-26-22-18-15-11-13-17-21-25-30-34-39-46(4)5)56-50(53)42-37-32-27-23-19-14-10-9-12-16-20-24-29-33-38-45(2)3/h45-47H,6-44H2,1-5H3/t47-/m1/s1. The summed E-state index contributed by atoms with van der Waals surface area (Å²) >= 11 is 0. The van der Waals surface area contributed by atoms with Crippen molar-refractivity contribution in [3.63, 3.8) is 0 Å². The Kier molecular flexibility index (Phi) is 41.8. The molecule has 0 aliphatic rings. The maximum absolute atomic E-state index is 12.7. The van der Waals surface area contributed by atoms with Gasteiger partial charge in [-0.15, -0.1) is 0 Å². The molecule has 0 N–H and O–H groups in total. The average Bonchev–Trinajstić information content (AvgIpc) is 3.16. The summed E-state index contributed by atoms with van der Waals surface area (Å²) in [5, 5.41) is 0. The number of carbonyl (C=O) groups is 3. The van der Waals surface area contributed by atoms with Crippen LogP contribution in [0, 0.1) is 11.8 Å². The molecule has 0 radical (unpaired) electrons. The lowest BCUT2D eigenvalue weighted by Crippen LogP contribution is -2.30. The normalized spacial score (nSPS) is 12.1. The first-order valence-corrected chi connectivity index (χ1v) is 24.7. The van der Waals surface area contributed by atoms with Crippen LogP contribution in [0.1, 0.15) is 272 Å². The Balaban J connectivity index is 4.13. The van der Waals surface area contributed by atoms with Crippen LogP contribution in [0.2, 0.25) is 0 Å². The van der Waals surface area contributed by atoms with Crippen LogP contribution in [-0.4, -0.2) is 37.2 Å². The maximum atomic E-state index is 12.7. The first kappa shape index (κ1) is 54.4. The highest BCUT2D eigenvalue weighted by molar-refractivity contribution is 5.71. The lowest BCUT2D eigenvalue weighted by atomic mass is 10.0. The fourth-order valence-electron chi connectivity index (χ4n) is 7.46. The zero-order chi connectivity index (χ0) is 41.2. The van der Waals surface area contributed by atoms with E-state index in [0.717, 1.165) is 76.0 Å². The average molecular weight is 793 g/mol. The van der Waals surface area contributed by atoms with E-state index in [1.165, 1.54) is 154 Å². The second-order valence-corrected chi connectivity index (χ2v) is 18.1. The first-order valence-electron chi connectivity index (χ1n) is 24.7. The Bertz CT molecular complexity index is 854. The molecule has 0 aliphatic heterocycles. The molecule has 0 unspecified atom stereocenters. The predicted molar refractivity (Wildman–Crippen MR) is 238 cm³/mol. The summed E-state index contributed by atoms with van der Waals surface area (Å²) in [6.45, 7) is 11.3. The van der Waals surface area contributed by atoms with Crippen molar-refractivity contribution in [3.8, 4) is 0 Å². The highest BCUT2D eigenvalue weighted by Crippen LogP contribution is 2.17. The van der Waals surface area contributed by atoms with Crippen molar-refractivity contribution in [2.45, 2.75) is 278 Å². The van der Waals surface area contributed by atoms with Crippen molar-refractivity contribution in [2.75, 3.05) is 13.2 Å². The summed E-state index contributed by atoms with van der Waals surface area (Å²) in [4.78, 5) is 37.6. The molecule has 0 aromatic rings. The minimum absolute atomic E-state index is 0.0649. The van der Waals surface area contributed by atoms with Crippen LogP contribution >= 0.6 is 0 Å². The molecule has 0 amide bonds. The van der Waals surface area contributed by atoms with E-state index in [0.29, 0.717) is 19.3 Å². The van der Waals surface area contributed by atoms with Crippen LogP contribution in [0.3, 0.4) is 0 Å². The first-order chi connectivity index (χ1) is 27.2. The van der Waals surface area contributed by atoms with Crippen molar-refractivity contribution in [2.24, 2.45) is 11.8 Å². The van der Waals surface area contributed by atoms with Crippen molar-refractivity contribution in [3.05, 3.63) is 0 Å². The van der Waals surface area contributed by atoms with Gasteiger partial charge < -0.3 is 14.2 Å². The van der Waals surface area contributed by atoms with Crippen LogP contribution in [-0.2, 0) is 28.6 Å². The minimum Gasteiger partial charge on any atom is -0.462 e. The molecule has 0 aliphatic carbocycles. The summed E-state index contributed by atoms with van der Waals surface area (Å²) in [5.41, 5.74) is 0. The smallest absolute Gasteiger partial charge is 0.306 e. The molecule has 0 saturated carbocycles. The highest BCUT2D eigenvalue weighted by Gasteiger charge is 2.19. The van der Waals surface area contributed by atoms with Gasteiger partial charge in [-0.2, -0.15) is 0 Å². The molecule has 0 bridgehead atoms. The van der Waals surface area contributed by atoms with E-state index in [9.17, 15) is 14.4 Å². The predicted octanol–water partition coefficient (Wildman–Crippen LogP) is 15.8. The van der Waals surface area contributed by atoms with E-state index in [4.69, 9.17) is 14.2 Å². The summed E-state index contributed by atoms with van der Waals surface area (Å²) in [5.74, 6) is 0.819. The van der Waals surface area contributed by atoms with Crippen LogP contribution in [0.4, 0.5) is 0 Å². The molecule has 0 spiro atoms. The molecule has 6 heteroatoms. The second-order valence-electron chi connectivity index (χ2n) is 18.1. The van der Waals surface area contributed by atoms with E-state index in [2.05, 4.69) is 34.6 Å². The molecule has 6 nitrogen and oxygen atoms in total. The Morgan fingerprint density at radius 1 is 0.339 bits per heavy atom. The van der Waals surface area contributed by atoms with Crippen molar-refractivity contribution in [1.29, 1.82) is 0 Å². The van der Waals surface area contributed by atoms with Crippen LogP contribution in [0.15, 0.2) is 0 Å². The molecule has 0 saturated heterocycles. The molecule has 0 heterocycles. The number of esters is 3. The summed E-state index contributed by atoms with van der Waals surface area (Å²) < 4.78 is 16.7. The van der Waals surface area contributed by atoms with Gasteiger partial charge >= 0.3 is 17.9 Å². The zero-order valence-corrected chi connectivity index (χ0v) is 38.3. The molecule has 0 aromatic heterocycles. The SMILES string of the molecule is CCCCCCCC(=O)OC[C@H](COC(=O)CCCCCCCCCCCCCCCC(C)C)OC(=O)CCCCCCCCCCCCCCCCC(C)C. The fourth-order valence-corrected chi connectivity index (χ4v) is 7.46. The Morgan fingerprint density at radius 2 is 0.589 bits per heavy atom. The van der Waals surface area contributed by atoms with Gasteiger partial charge in [0.05, 0.1) is 0 Å². The van der Waals surface area contributed by atoms with Gasteiger partial charge in [0.1, 0.15) is 13.2 Å². The van der Waals surface area contributed by atoms with Crippen LogP contribution in [0.25, 0.3) is 0 Å². The molecular formula is C50H96O6. The molecule has 0 aromatic carbocycles. The van der Waals surface area contributed by atoms with Gasteiger partial charge in [-0.3, -0.25) is 14.4 Å². The number of hydrogen-bond acceptors (Lipinski definition) is 6. The third kappa shape index (κ3) is 43.5. The third-order valence-corrected chi connectivity index (χ3v) is 11.2. The summed E-state index contributed by atoms with van der Waals surface area (Å²) in [6, 6.07) is 0. The molecular weight excluding hydrogens is 697 g/mol. The van der Waals surface area contributed by atoms with Crippen molar-refractivity contribution >= 4 is 17.9 Å². The topological polar surface area (TPSA) is 78.9 Å². The summed E-state index contributed by atoms with van der Waals surface area (Å²) in [6.07, 6.45) is 42.6. The van der Waals surface area contributed by atoms with Gasteiger partial charge in [-0.25, -0.2) is 0 Å². The van der Waals surface area contributed by atoms with Gasteiger partial charge in [-0.05, 0) is 31.1 Å². The Hall–Kier alpha value is -1.59. The lowest BCUT2D eigenvalue weighted by Gasteiger charge is -2.18. The number of ether oxygens (including phenoxy) is 3. The summed E-state index contributed by atoms with van der Waals surface area (Å²) in [7, 11) is 0. The monoisotopic (exact) mass is 793 g/mol. The molecule has 0 fully saturated rings. The Morgan fingerprint density at radius 3 is 0.875 bits per heavy atom. The maximum Gasteiger partial charge on any atom is 0.306 e.